The number of benzene rings is 5. The van der Waals surface area contributed by atoms with Gasteiger partial charge in [-0.25, -0.2) is 26.7 Å². The standard InChI is InChI=1S/C22H27FN2O4.C22H29FN2O3.2C22H27FN2O3.C22H25FN2O3/c1-29-21-18-15(20(26)16(22(27)28)11-25(18)14-6-7-14)8-17(23)19(21)24-9-12-4-2-3-5-13(12)10-24;4*1-28-22-19-17(21(27)15(12-26)11-25(19)16-6-7-16)8-18(23)20(22)24-9-13-4-2-3-5-14(13)10-24/h8,11-14,20,26H,2-7,9-10H2,1H3,(H,27,28);8,11,13-14,16,21,26-27H,2-7,9-10,12H2,1H3;8,11,13-14,16,26H,2-7,9-10,12H2,1H3;8,11-14,16,21,27H,2-7,9-10H2,1H3;8,11-14,16H,2-7,9-10H2,1H3/t12-,13+,20?;13-,14+,21?;13-,14+;13-,14+,21?;13-,14+. The van der Waals surface area contributed by atoms with E-state index >= 15 is 22.0 Å². The lowest BCUT2D eigenvalue weighted by Crippen LogP contribution is -2.31. The lowest BCUT2D eigenvalue weighted by molar-refractivity contribution is -0.133. The van der Waals surface area contributed by atoms with Crippen molar-refractivity contribution in [1.29, 1.82) is 0 Å². The number of hydrogen-bond acceptors (Lipinski definition) is 23. The third-order valence-corrected chi connectivity index (χ3v) is 34.7. The first-order valence-electron chi connectivity index (χ1n) is 52.2. The highest BCUT2D eigenvalue weighted by molar-refractivity contribution is 5.97. The molecule has 15 fully saturated rings. The zero-order valence-corrected chi connectivity index (χ0v) is 81.6. The number of carboxylic acids is 1. The fourth-order valence-corrected chi connectivity index (χ4v) is 26.9. The third kappa shape index (κ3) is 18.0. The predicted octanol–water partition coefficient (Wildman–Crippen LogP) is 17.9. The molecule has 10 saturated carbocycles. The molecule has 3 unspecified atom stereocenters. The average molecular weight is 1950 g/mol. The quantitative estimate of drug-likeness (QED) is 0.0305. The number of halogens is 5. The van der Waals surface area contributed by atoms with Crippen LogP contribution >= 0.6 is 0 Å². The van der Waals surface area contributed by atoms with Crippen LogP contribution in [0.1, 0.15) is 256 Å². The number of nitrogens with zero attached hydrogens (tertiary/aromatic N) is 10. The Bertz CT molecular complexity index is 6160. The molecule has 13 atom stereocenters. The number of anilines is 8. The number of carbonyl (C=O) groups excluding carboxylic acids is 2. The first-order valence-corrected chi connectivity index (χ1v) is 52.2. The highest BCUT2D eigenvalue weighted by Crippen LogP contribution is 2.60. The molecule has 31 heteroatoms. The molecule has 0 radical (unpaired) electrons. The van der Waals surface area contributed by atoms with Gasteiger partial charge >= 0.3 is 5.97 Å². The predicted molar refractivity (Wildman–Crippen MR) is 531 cm³/mol. The molecule has 756 valence electrons. The van der Waals surface area contributed by atoms with Crippen LogP contribution in [0.4, 0.5) is 67.5 Å². The minimum Gasteiger partial charge on any atom is -0.492 e. The number of aliphatic carboxylic acids is 1. The van der Waals surface area contributed by atoms with Crippen molar-refractivity contribution in [2.24, 2.45) is 59.2 Å². The Morgan fingerprint density at radius 2 is 0.638 bits per heavy atom. The van der Waals surface area contributed by atoms with Crippen molar-refractivity contribution >= 4 is 85.8 Å². The Hall–Kier alpha value is -10.6. The second kappa shape index (κ2) is 39.8. The molecule has 25 rings (SSSR count). The highest BCUT2D eigenvalue weighted by atomic mass is 19.1. The number of aliphatic hydroxyl groups is 5. The van der Waals surface area contributed by atoms with E-state index in [-0.39, 0.29) is 82.1 Å². The number of aldehydes is 2. The molecule has 141 heavy (non-hydrogen) atoms. The summed E-state index contributed by atoms with van der Waals surface area (Å²) in [6.07, 6.45) is 40.8. The number of methoxy groups -OCH3 is 5. The van der Waals surface area contributed by atoms with E-state index < -0.39 is 47.2 Å². The fourth-order valence-electron chi connectivity index (χ4n) is 26.9. The Kier molecular flexibility index (Phi) is 27.3. The van der Waals surface area contributed by atoms with Gasteiger partial charge in [0, 0.05) is 160 Å². The molecule has 0 spiro atoms. The van der Waals surface area contributed by atoms with Gasteiger partial charge in [-0.05, 0) is 218 Å². The summed E-state index contributed by atoms with van der Waals surface area (Å²) in [5, 5.41) is 61.3. The molecule has 5 saturated heterocycles. The van der Waals surface area contributed by atoms with Gasteiger partial charge in [0.1, 0.15) is 53.0 Å². The SMILES string of the molecule is COc1c(N2C[C@H]3CCCC[C@H]3C2)c(F)cc2c(=O)c(C=O)cn(C3CC3)c12.COc1c(N2C[C@H]3CCCC[C@H]3C2)c(F)cc2c(=O)c(CO)cn(C3CC3)c12.COc1c(N2C[C@H]3CCCC[C@H]3C2)c(F)cc2c1N(C1CC1)C=C(C(=O)O)C2O.COc1c(N2C[C@H]3CCCC[C@H]3C2)c(F)cc2c1N(C1CC1)C=C(C=O)C2O.COc1c(N2C[C@H]3CCCC[C@H]3C2)c(F)cc2c1N(C1CC1)C=C(CO)C2O. The first-order chi connectivity index (χ1) is 68.5. The smallest absolute Gasteiger partial charge is 0.336 e. The van der Waals surface area contributed by atoms with Crippen molar-refractivity contribution in [1.82, 2.24) is 9.13 Å². The summed E-state index contributed by atoms with van der Waals surface area (Å²) in [4.78, 5) is 76.6. The van der Waals surface area contributed by atoms with Crippen LogP contribution in [0.3, 0.4) is 0 Å². The van der Waals surface area contributed by atoms with Crippen LogP contribution in [0.2, 0.25) is 0 Å². The minimum absolute atomic E-state index is 0.0702. The lowest BCUT2D eigenvalue weighted by Gasteiger charge is -2.35. The van der Waals surface area contributed by atoms with E-state index in [1.165, 1.54) is 179 Å². The van der Waals surface area contributed by atoms with Gasteiger partial charge in [-0.15, -0.1) is 0 Å². The Morgan fingerprint density at radius 1 is 0.348 bits per heavy atom. The number of fused-ring (bicyclic) bond motifs is 10. The zero-order chi connectivity index (χ0) is 97.9. The van der Waals surface area contributed by atoms with E-state index in [1.807, 2.05) is 25.1 Å². The highest BCUT2D eigenvalue weighted by Gasteiger charge is 2.50. The van der Waals surface area contributed by atoms with E-state index in [4.69, 9.17) is 23.7 Å². The van der Waals surface area contributed by atoms with E-state index in [1.54, 1.807) is 39.9 Å². The van der Waals surface area contributed by atoms with Crippen LogP contribution in [0, 0.1) is 88.3 Å². The molecule has 7 aromatic rings. The number of aromatic nitrogens is 2. The van der Waals surface area contributed by atoms with Crippen LogP contribution in [0.25, 0.3) is 21.8 Å². The minimum atomic E-state index is -1.38. The molecule has 26 nitrogen and oxygen atoms in total. The molecular weight excluding hydrogens is 1810 g/mol. The van der Waals surface area contributed by atoms with Crippen LogP contribution in [-0.2, 0) is 16.2 Å². The van der Waals surface area contributed by atoms with E-state index in [0.717, 1.165) is 141 Å². The van der Waals surface area contributed by atoms with Crippen molar-refractivity contribution in [3.8, 4) is 28.7 Å². The van der Waals surface area contributed by atoms with Gasteiger partial charge in [-0.2, -0.15) is 0 Å². The number of ether oxygens (including phenoxy) is 5. The zero-order valence-electron chi connectivity index (χ0n) is 81.6. The van der Waals surface area contributed by atoms with Gasteiger partial charge in [-0.1, -0.05) is 64.2 Å². The van der Waals surface area contributed by atoms with Crippen molar-refractivity contribution in [3.05, 3.63) is 155 Å². The Labute approximate surface area is 819 Å². The van der Waals surface area contributed by atoms with Gasteiger partial charge in [-0.3, -0.25) is 19.2 Å². The normalized spacial score (nSPS) is 27.3. The fraction of sp³-hybridized carbons (Fsp3) is 0.591. The monoisotopic (exact) mass is 1950 g/mol. The van der Waals surface area contributed by atoms with Gasteiger partial charge in [0.2, 0.25) is 0 Å². The Balaban J connectivity index is 0.000000104. The second-order valence-electron chi connectivity index (χ2n) is 43.4. The second-order valence-corrected chi connectivity index (χ2v) is 43.4. The van der Waals surface area contributed by atoms with E-state index in [9.17, 15) is 54.6 Å². The van der Waals surface area contributed by atoms with Crippen molar-refractivity contribution in [2.75, 3.05) is 147 Å². The molecule has 18 aliphatic rings. The van der Waals surface area contributed by atoms with Crippen LogP contribution in [-0.4, -0.2) is 184 Å². The van der Waals surface area contributed by atoms with E-state index in [2.05, 4.69) is 29.4 Å². The van der Waals surface area contributed by atoms with Crippen molar-refractivity contribution < 1.29 is 90.7 Å². The largest absolute Gasteiger partial charge is 0.492 e. The lowest BCUT2D eigenvalue weighted by atomic mass is 9.82. The molecule has 0 amide bonds. The number of pyridine rings is 2. The molecule has 5 aromatic carbocycles. The van der Waals surface area contributed by atoms with Crippen molar-refractivity contribution in [2.45, 2.75) is 248 Å². The molecule has 6 N–H and O–H groups in total. The van der Waals surface area contributed by atoms with Crippen LogP contribution < -0.4 is 73.7 Å². The number of hydrogen-bond donors (Lipinski definition) is 6. The number of carboxylic acid groups (broad SMARTS) is 1. The molecular formula is C110H135F5N10O16. The van der Waals surface area contributed by atoms with Gasteiger partial charge in [0.15, 0.2) is 75.0 Å². The van der Waals surface area contributed by atoms with Crippen LogP contribution in [0.15, 0.2) is 87.6 Å². The summed E-state index contributed by atoms with van der Waals surface area (Å²) in [5.41, 5.74) is 7.29. The van der Waals surface area contributed by atoms with Gasteiger partial charge in [0.25, 0.3) is 0 Å². The topological polar surface area (TPSA) is 289 Å². The summed E-state index contributed by atoms with van der Waals surface area (Å²) >= 11 is 0. The maximum atomic E-state index is 15.4. The number of rotatable bonds is 20. The van der Waals surface area contributed by atoms with Crippen molar-refractivity contribution in [3.63, 3.8) is 0 Å². The molecule has 10 heterocycles. The summed E-state index contributed by atoms with van der Waals surface area (Å²) < 4.78 is 109. The molecule has 10 aliphatic carbocycles. The summed E-state index contributed by atoms with van der Waals surface area (Å²) in [6.45, 7) is 7.90. The maximum absolute atomic E-state index is 15.4. The summed E-state index contributed by atoms with van der Waals surface area (Å²) in [7, 11) is 7.77. The first kappa shape index (κ1) is 96.5. The van der Waals surface area contributed by atoms with Gasteiger partial charge < -0.3 is 103 Å². The maximum Gasteiger partial charge on any atom is 0.336 e. The molecule has 2 aromatic heterocycles. The Morgan fingerprint density at radius 3 is 0.936 bits per heavy atom. The average Bonchev–Trinajstić information content (AvgIpc) is 1.67. The number of carbonyl (C=O) groups is 3. The number of aliphatic hydroxyl groups excluding tert-OH is 5. The summed E-state index contributed by atoms with van der Waals surface area (Å²) in [5.74, 6) is 5.25. The third-order valence-electron chi connectivity index (χ3n) is 34.7. The molecule has 0 bridgehead atoms. The summed E-state index contributed by atoms with van der Waals surface area (Å²) in [6, 6.07) is 8.10. The van der Waals surface area contributed by atoms with E-state index in [0.29, 0.717) is 179 Å². The molecule has 8 aliphatic heterocycles. The van der Waals surface area contributed by atoms with Gasteiger partial charge in [0.05, 0.1) is 98.8 Å². The van der Waals surface area contributed by atoms with Crippen LogP contribution in [0.5, 0.6) is 28.7 Å².